The molecule has 166 valence electrons. The number of benzene rings is 3. The van der Waals surface area contributed by atoms with Crippen LogP contribution in [0.25, 0.3) is 22.3 Å². The molecule has 3 aromatic carbocycles. The first kappa shape index (κ1) is 23.7. The second kappa shape index (κ2) is 12.8. The number of methoxy groups -OCH3 is 1. The Hall–Kier alpha value is -2.98. The molecule has 0 amide bonds. The average Bonchev–Trinajstić information content (AvgIpc) is 2.84. The van der Waals surface area contributed by atoms with Gasteiger partial charge in [-0.3, -0.25) is 0 Å². The third-order valence-electron chi connectivity index (χ3n) is 6.04. The van der Waals surface area contributed by atoms with Crippen molar-refractivity contribution in [1.82, 2.24) is 0 Å². The Labute approximate surface area is 194 Å². The third kappa shape index (κ3) is 7.03. The zero-order chi connectivity index (χ0) is 22.6. The Morgan fingerprint density at radius 3 is 1.84 bits per heavy atom. The van der Waals surface area contributed by atoms with Gasteiger partial charge >= 0.3 is 0 Å². The van der Waals surface area contributed by atoms with Crippen molar-refractivity contribution in [3.05, 3.63) is 77.9 Å². The predicted molar refractivity (Wildman–Crippen MR) is 138 cm³/mol. The van der Waals surface area contributed by atoms with E-state index in [1.807, 2.05) is 12.1 Å². The Bertz CT molecular complexity index is 1020. The average molecular weight is 425 g/mol. The lowest BCUT2D eigenvalue weighted by molar-refractivity contribution is 0.415. The minimum absolute atomic E-state index is 0.846. The van der Waals surface area contributed by atoms with Gasteiger partial charge in [-0.25, -0.2) is 0 Å². The standard InChI is InChI=1S/C31H36O/c1-4-5-6-7-8-9-10-11-12-13-26-14-19-30(24-25(26)2)29-17-15-27(16-18-29)28-20-22-31(32-3)23-21-28/h14-24H,4-10,13H2,1-3H3. The molecule has 0 aliphatic carbocycles. The largest absolute Gasteiger partial charge is 0.497 e. The van der Waals surface area contributed by atoms with Crippen molar-refractivity contribution in [2.45, 2.75) is 65.2 Å². The lowest BCUT2D eigenvalue weighted by Gasteiger charge is -2.09. The molecule has 0 saturated heterocycles. The highest BCUT2D eigenvalue weighted by Crippen LogP contribution is 2.27. The van der Waals surface area contributed by atoms with Gasteiger partial charge in [0.25, 0.3) is 0 Å². The van der Waals surface area contributed by atoms with Gasteiger partial charge in [0.2, 0.25) is 0 Å². The highest BCUT2D eigenvalue weighted by molar-refractivity contribution is 5.71. The summed E-state index contributed by atoms with van der Waals surface area (Å²) in [4.78, 5) is 0. The van der Waals surface area contributed by atoms with Crippen molar-refractivity contribution in [3.63, 3.8) is 0 Å². The van der Waals surface area contributed by atoms with Gasteiger partial charge in [0.05, 0.1) is 7.11 Å². The fourth-order valence-electron chi connectivity index (χ4n) is 3.95. The molecule has 3 rings (SSSR count). The van der Waals surface area contributed by atoms with Crippen LogP contribution in [0.3, 0.4) is 0 Å². The van der Waals surface area contributed by atoms with Crippen LogP contribution >= 0.6 is 0 Å². The molecule has 3 aromatic rings. The van der Waals surface area contributed by atoms with Crippen molar-refractivity contribution in [3.8, 4) is 39.8 Å². The van der Waals surface area contributed by atoms with Crippen molar-refractivity contribution in [1.29, 1.82) is 0 Å². The lowest BCUT2D eigenvalue weighted by atomic mass is 9.96. The Balaban J connectivity index is 1.55. The fraction of sp³-hybridized carbons (Fsp3) is 0.355. The molecule has 0 unspecified atom stereocenters. The summed E-state index contributed by atoms with van der Waals surface area (Å²) >= 11 is 0. The molecule has 0 bridgehead atoms. The molecule has 0 spiro atoms. The lowest BCUT2D eigenvalue weighted by Crippen LogP contribution is -1.89. The van der Waals surface area contributed by atoms with Crippen LogP contribution in [0, 0.1) is 18.8 Å². The maximum Gasteiger partial charge on any atom is 0.118 e. The van der Waals surface area contributed by atoms with Crippen LogP contribution in [0.15, 0.2) is 66.7 Å². The monoisotopic (exact) mass is 424 g/mol. The number of unbranched alkanes of at least 4 members (excludes halogenated alkanes) is 6. The van der Waals surface area contributed by atoms with Crippen LogP contribution in [0.5, 0.6) is 5.75 Å². The molecule has 1 heteroatoms. The highest BCUT2D eigenvalue weighted by Gasteiger charge is 2.04. The van der Waals surface area contributed by atoms with Crippen LogP contribution < -0.4 is 4.74 Å². The van der Waals surface area contributed by atoms with Crippen molar-refractivity contribution < 1.29 is 4.74 Å². The molecule has 1 nitrogen and oxygen atoms in total. The van der Waals surface area contributed by atoms with E-state index >= 15 is 0 Å². The first-order valence-electron chi connectivity index (χ1n) is 12.0. The van der Waals surface area contributed by atoms with Crippen LogP contribution in [-0.4, -0.2) is 7.11 Å². The van der Waals surface area contributed by atoms with Crippen molar-refractivity contribution in [2.24, 2.45) is 0 Å². The third-order valence-corrected chi connectivity index (χ3v) is 6.04. The number of rotatable bonds is 10. The quantitative estimate of drug-likeness (QED) is 0.234. The summed E-state index contributed by atoms with van der Waals surface area (Å²) in [5.74, 6) is 7.63. The summed E-state index contributed by atoms with van der Waals surface area (Å²) in [5, 5.41) is 0. The number of aryl methyl sites for hydroxylation is 1. The van der Waals surface area contributed by atoms with E-state index in [0.717, 1.165) is 18.6 Å². The van der Waals surface area contributed by atoms with E-state index in [1.165, 1.54) is 71.9 Å². The minimum Gasteiger partial charge on any atom is -0.497 e. The molecule has 0 fully saturated rings. The van der Waals surface area contributed by atoms with Crippen LogP contribution in [0.1, 0.15) is 63.0 Å². The Morgan fingerprint density at radius 2 is 1.22 bits per heavy atom. The highest BCUT2D eigenvalue weighted by atomic mass is 16.5. The maximum atomic E-state index is 5.25. The maximum absolute atomic E-state index is 5.25. The molecular weight excluding hydrogens is 388 g/mol. The van der Waals surface area contributed by atoms with Gasteiger partial charge in [-0.05, 0) is 58.9 Å². The number of ether oxygens (including phenoxy) is 1. The van der Waals surface area contributed by atoms with E-state index < -0.39 is 0 Å². The molecular formula is C31H36O. The Kier molecular flexibility index (Phi) is 9.45. The van der Waals surface area contributed by atoms with Gasteiger partial charge in [0.1, 0.15) is 5.75 Å². The Morgan fingerprint density at radius 1 is 0.656 bits per heavy atom. The topological polar surface area (TPSA) is 9.23 Å². The zero-order valence-electron chi connectivity index (χ0n) is 19.9. The number of hydrogen-bond donors (Lipinski definition) is 0. The van der Waals surface area contributed by atoms with Crippen molar-refractivity contribution >= 4 is 0 Å². The molecule has 32 heavy (non-hydrogen) atoms. The SMILES string of the molecule is CCCCCCCCC#CCc1ccc(-c2ccc(-c3ccc(OC)cc3)cc2)cc1C. The van der Waals surface area contributed by atoms with Gasteiger partial charge in [0.15, 0.2) is 0 Å². The van der Waals surface area contributed by atoms with Gasteiger partial charge < -0.3 is 4.74 Å². The summed E-state index contributed by atoms with van der Waals surface area (Å²) in [6, 6.07) is 23.7. The van der Waals surface area contributed by atoms with Crippen LogP contribution in [0.4, 0.5) is 0 Å². The van der Waals surface area contributed by atoms with Gasteiger partial charge in [-0.15, -0.1) is 5.92 Å². The second-order valence-electron chi connectivity index (χ2n) is 8.50. The zero-order valence-corrected chi connectivity index (χ0v) is 19.9. The predicted octanol–water partition coefficient (Wildman–Crippen LogP) is 8.63. The van der Waals surface area contributed by atoms with Crippen molar-refractivity contribution in [2.75, 3.05) is 7.11 Å². The van der Waals surface area contributed by atoms with Gasteiger partial charge in [-0.1, -0.05) is 99.5 Å². The molecule has 0 aliphatic heterocycles. The van der Waals surface area contributed by atoms with E-state index in [4.69, 9.17) is 4.74 Å². The summed E-state index contributed by atoms with van der Waals surface area (Å²) in [6.07, 6.45) is 9.85. The molecule has 0 atom stereocenters. The second-order valence-corrected chi connectivity index (χ2v) is 8.50. The van der Waals surface area contributed by atoms with E-state index in [0.29, 0.717) is 0 Å². The summed E-state index contributed by atoms with van der Waals surface area (Å²) in [5.41, 5.74) is 7.56. The normalized spacial score (nSPS) is 10.5. The molecule has 0 heterocycles. The smallest absolute Gasteiger partial charge is 0.118 e. The molecule has 0 aliphatic rings. The van der Waals surface area contributed by atoms with Crippen LogP contribution in [-0.2, 0) is 6.42 Å². The summed E-state index contributed by atoms with van der Waals surface area (Å²) in [7, 11) is 1.69. The molecule has 0 aromatic heterocycles. The van der Waals surface area contributed by atoms with E-state index in [1.54, 1.807) is 7.11 Å². The van der Waals surface area contributed by atoms with Crippen LogP contribution in [0.2, 0.25) is 0 Å². The molecule has 0 radical (unpaired) electrons. The molecule has 0 saturated carbocycles. The molecule has 0 N–H and O–H groups in total. The number of hydrogen-bond acceptors (Lipinski definition) is 1. The van der Waals surface area contributed by atoms with E-state index in [9.17, 15) is 0 Å². The van der Waals surface area contributed by atoms with Gasteiger partial charge in [0, 0.05) is 12.8 Å². The minimum atomic E-state index is 0.846. The summed E-state index contributed by atoms with van der Waals surface area (Å²) < 4.78 is 5.25. The van der Waals surface area contributed by atoms with Gasteiger partial charge in [-0.2, -0.15) is 0 Å². The first-order valence-corrected chi connectivity index (χ1v) is 12.0. The van der Waals surface area contributed by atoms with E-state index in [-0.39, 0.29) is 0 Å². The first-order chi connectivity index (χ1) is 15.7. The summed E-state index contributed by atoms with van der Waals surface area (Å²) in [6.45, 7) is 4.46. The fourth-order valence-corrected chi connectivity index (χ4v) is 3.95. The van der Waals surface area contributed by atoms with E-state index in [2.05, 4.69) is 80.3 Å².